The number of anilines is 3. The van der Waals surface area contributed by atoms with Crippen LogP contribution < -0.4 is 16.2 Å². The second-order valence-corrected chi connectivity index (χ2v) is 7.08. The average Bonchev–Trinajstić information content (AvgIpc) is 2.62. The molecule has 136 valence electrons. The van der Waals surface area contributed by atoms with Crippen molar-refractivity contribution in [1.29, 1.82) is 5.26 Å². The lowest BCUT2D eigenvalue weighted by Crippen LogP contribution is -2.28. The molecule has 0 unspecified atom stereocenters. The number of rotatable bonds is 4. The van der Waals surface area contributed by atoms with Crippen molar-refractivity contribution in [2.45, 2.75) is 25.3 Å². The summed E-state index contributed by atoms with van der Waals surface area (Å²) in [5.41, 5.74) is 3.34. The Hall–Kier alpha value is -3.04. The first kappa shape index (κ1) is 17.4. The zero-order valence-electron chi connectivity index (χ0n) is 14.8. The highest BCUT2D eigenvalue weighted by Gasteiger charge is 2.19. The van der Waals surface area contributed by atoms with Gasteiger partial charge < -0.3 is 15.2 Å². The van der Waals surface area contributed by atoms with Gasteiger partial charge in [-0.25, -0.2) is 4.98 Å². The Bertz CT molecular complexity index is 1130. The maximum atomic E-state index is 12.3. The summed E-state index contributed by atoms with van der Waals surface area (Å²) in [5.74, 6) is 0. The Kier molecular flexibility index (Phi) is 4.46. The summed E-state index contributed by atoms with van der Waals surface area (Å²) in [6.45, 7) is 0. The van der Waals surface area contributed by atoms with Crippen LogP contribution in [0.15, 0.2) is 41.3 Å². The maximum Gasteiger partial charge on any atom is 0.252 e. The molecule has 0 spiro atoms. The summed E-state index contributed by atoms with van der Waals surface area (Å²) in [6.07, 6.45) is 5.01. The highest BCUT2D eigenvalue weighted by molar-refractivity contribution is 6.31. The smallest absolute Gasteiger partial charge is 0.252 e. The van der Waals surface area contributed by atoms with Gasteiger partial charge in [-0.3, -0.25) is 4.79 Å². The Morgan fingerprint density at radius 3 is 2.78 bits per heavy atom. The molecule has 0 radical (unpaired) electrons. The van der Waals surface area contributed by atoms with Crippen LogP contribution >= 0.6 is 11.6 Å². The minimum atomic E-state index is -0.0438. The number of nitrogens with one attached hydrogen (secondary N) is 2. The molecule has 2 aromatic heterocycles. The normalized spacial score (nSPS) is 13.8. The molecule has 1 aromatic carbocycles. The zero-order chi connectivity index (χ0) is 19.0. The lowest BCUT2D eigenvalue weighted by Gasteiger charge is -2.28. The SMILES string of the molecule is Cn1c(=O)cc(NC2CCC2)c2cc(Nc3ccnc(Cl)c3C#N)ccc21. The van der Waals surface area contributed by atoms with Crippen LogP contribution in [0.25, 0.3) is 10.9 Å². The second-order valence-electron chi connectivity index (χ2n) is 6.72. The number of hydrogen-bond donors (Lipinski definition) is 2. The molecular formula is C20H18ClN5O. The van der Waals surface area contributed by atoms with Crippen LogP contribution in [0.5, 0.6) is 0 Å². The van der Waals surface area contributed by atoms with Gasteiger partial charge in [0.05, 0.1) is 11.2 Å². The first-order chi connectivity index (χ1) is 13.1. The summed E-state index contributed by atoms with van der Waals surface area (Å²) in [7, 11) is 1.77. The third-order valence-corrected chi connectivity index (χ3v) is 5.29. The number of aromatic nitrogens is 2. The Morgan fingerprint density at radius 1 is 1.26 bits per heavy atom. The van der Waals surface area contributed by atoms with Crippen LogP contribution in [-0.2, 0) is 7.05 Å². The van der Waals surface area contributed by atoms with Crippen molar-refractivity contribution >= 4 is 39.6 Å². The standard InChI is InChI=1S/C20H18ClN5O/c1-26-18-6-5-13(25-16-7-8-23-20(21)15(16)11-22)9-14(18)17(10-19(26)27)24-12-3-2-4-12/h5-10,12,24H,2-4H2,1H3,(H,23,25). The van der Waals surface area contributed by atoms with Gasteiger partial charge >= 0.3 is 0 Å². The van der Waals surface area contributed by atoms with E-state index in [4.69, 9.17) is 11.6 Å². The molecule has 7 heteroatoms. The number of hydrogen-bond acceptors (Lipinski definition) is 5. The van der Waals surface area contributed by atoms with Gasteiger partial charge in [0.25, 0.3) is 5.56 Å². The van der Waals surface area contributed by atoms with Crippen LogP contribution in [0.3, 0.4) is 0 Å². The number of nitriles is 1. The Balaban J connectivity index is 1.78. The molecule has 0 amide bonds. The number of benzene rings is 1. The van der Waals surface area contributed by atoms with Gasteiger partial charge in [0.2, 0.25) is 0 Å². The first-order valence-corrected chi connectivity index (χ1v) is 9.16. The van der Waals surface area contributed by atoms with Crippen LogP contribution in [0, 0.1) is 11.3 Å². The quantitative estimate of drug-likeness (QED) is 0.665. The fourth-order valence-corrected chi connectivity index (χ4v) is 3.43. The van der Waals surface area contributed by atoms with Gasteiger partial charge in [-0.2, -0.15) is 5.26 Å². The van der Waals surface area contributed by atoms with Crippen molar-refractivity contribution in [2.24, 2.45) is 7.05 Å². The molecule has 1 aliphatic carbocycles. The molecule has 0 bridgehead atoms. The Labute approximate surface area is 161 Å². The molecule has 0 saturated heterocycles. The molecule has 27 heavy (non-hydrogen) atoms. The Morgan fingerprint density at radius 2 is 2.07 bits per heavy atom. The molecule has 4 rings (SSSR count). The minimum absolute atomic E-state index is 0.0438. The van der Waals surface area contributed by atoms with Crippen LogP contribution in [0.1, 0.15) is 24.8 Å². The monoisotopic (exact) mass is 379 g/mol. The van der Waals surface area contributed by atoms with E-state index in [2.05, 4.69) is 21.7 Å². The van der Waals surface area contributed by atoms with E-state index < -0.39 is 0 Å². The van der Waals surface area contributed by atoms with Crippen molar-refractivity contribution in [3.8, 4) is 6.07 Å². The predicted molar refractivity (Wildman–Crippen MR) is 108 cm³/mol. The van der Waals surface area contributed by atoms with Crippen molar-refractivity contribution in [3.05, 3.63) is 57.6 Å². The van der Waals surface area contributed by atoms with Crippen molar-refractivity contribution in [1.82, 2.24) is 9.55 Å². The topological polar surface area (TPSA) is 82.7 Å². The van der Waals surface area contributed by atoms with E-state index in [0.717, 1.165) is 35.1 Å². The van der Waals surface area contributed by atoms with E-state index in [1.165, 1.54) is 6.42 Å². The highest BCUT2D eigenvalue weighted by atomic mass is 35.5. The summed E-state index contributed by atoms with van der Waals surface area (Å²) in [6, 6.07) is 11.6. The second kappa shape index (κ2) is 6.93. The zero-order valence-corrected chi connectivity index (χ0v) is 15.5. The molecule has 2 N–H and O–H groups in total. The third kappa shape index (κ3) is 3.22. The first-order valence-electron chi connectivity index (χ1n) is 8.79. The summed E-state index contributed by atoms with van der Waals surface area (Å²) < 4.78 is 1.63. The summed E-state index contributed by atoms with van der Waals surface area (Å²) >= 11 is 6.01. The van der Waals surface area contributed by atoms with Gasteiger partial charge in [-0.15, -0.1) is 0 Å². The molecule has 1 fully saturated rings. The molecule has 2 heterocycles. The molecule has 1 saturated carbocycles. The molecule has 1 aliphatic rings. The fourth-order valence-electron chi connectivity index (χ4n) is 3.23. The lowest BCUT2D eigenvalue weighted by molar-refractivity contribution is 0.446. The highest BCUT2D eigenvalue weighted by Crippen LogP contribution is 2.31. The van der Waals surface area contributed by atoms with Gasteiger partial charge in [0.15, 0.2) is 0 Å². The van der Waals surface area contributed by atoms with Crippen LogP contribution in [-0.4, -0.2) is 15.6 Å². The average molecular weight is 380 g/mol. The van der Waals surface area contributed by atoms with Crippen LogP contribution in [0.2, 0.25) is 5.15 Å². The number of pyridine rings is 2. The molecule has 0 aliphatic heterocycles. The molecule has 0 atom stereocenters. The largest absolute Gasteiger partial charge is 0.382 e. The lowest BCUT2D eigenvalue weighted by atomic mass is 9.93. The van der Waals surface area contributed by atoms with E-state index in [1.807, 2.05) is 18.2 Å². The summed E-state index contributed by atoms with van der Waals surface area (Å²) in [4.78, 5) is 16.2. The maximum absolute atomic E-state index is 12.3. The van der Waals surface area contributed by atoms with E-state index in [-0.39, 0.29) is 10.7 Å². The number of fused-ring (bicyclic) bond motifs is 1. The van der Waals surface area contributed by atoms with Crippen LogP contribution in [0.4, 0.5) is 17.1 Å². The number of aryl methyl sites for hydroxylation is 1. The number of halogens is 1. The van der Waals surface area contributed by atoms with Gasteiger partial charge in [0.1, 0.15) is 16.8 Å². The number of nitrogens with zero attached hydrogens (tertiary/aromatic N) is 3. The van der Waals surface area contributed by atoms with E-state index in [9.17, 15) is 10.1 Å². The molecule has 3 aromatic rings. The fraction of sp³-hybridized carbons (Fsp3) is 0.250. The van der Waals surface area contributed by atoms with Gasteiger partial charge in [-0.05, 0) is 43.5 Å². The molecular weight excluding hydrogens is 362 g/mol. The molecule has 6 nitrogen and oxygen atoms in total. The van der Waals surface area contributed by atoms with Crippen molar-refractivity contribution < 1.29 is 0 Å². The van der Waals surface area contributed by atoms with Gasteiger partial charge in [-0.1, -0.05) is 11.6 Å². The minimum Gasteiger partial charge on any atom is -0.382 e. The van der Waals surface area contributed by atoms with Gasteiger partial charge in [0, 0.05) is 42.1 Å². The predicted octanol–water partition coefficient (Wildman–Crippen LogP) is 4.17. The van der Waals surface area contributed by atoms with E-state index in [0.29, 0.717) is 17.3 Å². The van der Waals surface area contributed by atoms with Crippen molar-refractivity contribution in [3.63, 3.8) is 0 Å². The van der Waals surface area contributed by atoms with Crippen molar-refractivity contribution in [2.75, 3.05) is 10.6 Å². The van der Waals surface area contributed by atoms with E-state index in [1.54, 1.807) is 29.9 Å². The summed E-state index contributed by atoms with van der Waals surface area (Å²) in [5, 5.41) is 17.2. The van der Waals surface area contributed by atoms with E-state index >= 15 is 0 Å². The third-order valence-electron chi connectivity index (χ3n) is 5.01.